The van der Waals surface area contributed by atoms with Gasteiger partial charge in [0.1, 0.15) is 0 Å². The molecular formula is C26H28N2O3S. The minimum Gasteiger partial charge on any atom is -0.307 e. The molecule has 5 nitrogen and oxygen atoms in total. The molecule has 0 radical (unpaired) electrons. The Morgan fingerprint density at radius 3 is 2.34 bits per heavy atom. The molecule has 1 saturated carbocycles. The van der Waals surface area contributed by atoms with Crippen LogP contribution in [0.15, 0.2) is 77.2 Å². The number of sulfonamides is 1. The van der Waals surface area contributed by atoms with Crippen LogP contribution in [0.3, 0.4) is 0 Å². The summed E-state index contributed by atoms with van der Waals surface area (Å²) in [5.74, 6) is 0.884. The standard InChI is InChI=1S/C26H28N2O3S/c1-17-9-12-20(13-10-17)32(30,31)28-24(21-14-11-19-15-22(21)26(19,2)3)16-23(27-25(28)29)18-7-5-4-6-8-18/h4-10,12-14,16,19,22,24H,11,15H2,1-3H3,(H,27,29)/t19-,22-,24?/m0/s1. The number of allylic oxidation sites excluding steroid dienone is 1. The predicted octanol–water partition coefficient (Wildman–Crippen LogP) is 5.11. The van der Waals surface area contributed by atoms with Crippen molar-refractivity contribution in [1.29, 1.82) is 0 Å². The number of carbonyl (C=O) groups is 1. The Bertz CT molecular complexity index is 1230. The lowest BCUT2D eigenvalue weighted by Crippen LogP contribution is -2.57. The van der Waals surface area contributed by atoms with Crippen LogP contribution in [-0.4, -0.2) is 24.8 Å². The van der Waals surface area contributed by atoms with E-state index in [2.05, 4.69) is 25.2 Å². The van der Waals surface area contributed by atoms with Gasteiger partial charge in [0.25, 0.3) is 10.0 Å². The summed E-state index contributed by atoms with van der Waals surface area (Å²) in [4.78, 5) is 13.5. The highest BCUT2D eigenvalue weighted by molar-refractivity contribution is 7.89. The molecule has 2 aromatic carbocycles. The molecule has 0 aromatic heterocycles. The van der Waals surface area contributed by atoms with Gasteiger partial charge in [0.15, 0.2) is 0 Å². The van der Waals surface area contributed by atoms with Gasteiger partial charge in [-0.2, -0.15) is 0 Å². The maximum absolute atomic E-state index is 13.7. The molecule has 2 amide bonds. The maximum atomic E-state index is 13.7. The van der Waals surface area contributed by atoms with Crippen LogP contribution < -0.4 is 5.32 Å². The first-order chi connectivity index (χ1) is 15.2. The molecule has 0 spiro atoms. The van der Waals surface area contributed by atoms with Crippen LogP contribution in [-0.2, 0) is 10.0 Å². The molecule has 1 aliphatic heterocycles. The molecule has 3 atom stereocenters. The number of rotatable bonds is 4. The fourth-order valence-electron chi connectivity index (χ4n) is 5.39. The van der Waals surface area contributed by atoms with Gasteiger partial charge in [-0.1, -0.05) is 68.0 Å². The van der Waals surface area contributed by atoms with Gasteiger partial charge in [-0.05, 0) is 66.4 Å². The normalized spacial score (nSPS) is 26.5. The van der Waals surface area contributed by atoms with Gasteiger partial charge >= 0.3 is 6.03 Å². The van der Waals surface area contributed by atoms with Crippen molar-refractivity contribution in [2.45, 2.75) is 44.6 Å². The Morgan fingerprint density at radius 2 is 1.72 bits per heavy atom. The number of nitrogens with one attached hydrogen (secondary N) is 1. The van der Waals surface area contributed by atoms with Gasteiger partial charge in [-0.3, -0.25) is 0 Å². The molecule has 2 aromatic rings. The number of hydrogen-bond acceptors (Lipinski definition) is 3. The molecule has 6 rings (SSSR count). The number of aryl methyl sites for hydroxylation is 1. The third-order valence-corrected chi connectivity index (χ3v) is 9.31. The highest BCUT2D eigenvalue weighted by Gasteiger charge is 2.54. The van der Waals surface area contributed by atoms with E-state index in [1.165, 1.54) is 0 Å². The van der Waals surface area contributed by atoms with Crippen molar-refractivity contribution in [3.63, 3.8) is 0 Å². The molecular weight excluding hydrogens is 420 g/mol. The second kappa shape index (κ2) is 7.34. The number of fused-ring (bicyclic) bond motifs is 1. The Labute approximate surface area is 189 Å². The zero-order valence-electron chi connectivity index (χ0n) is 18.6. The van der Waals surface area contributed by atoms with Gasteiger partial charge in [-0.15, -0.1) is 0 Å². The average Bonchev–Trinajstić information content (AvgIpc) is 2.79. The summed E-state index contributed by atoms with van der Waals surface area (Å²) in [6.07, 6.45) is 6.04. The smallest absolute Gasteiger partial charge is 0.307 e. The molecule has 0 saturated heterocycles. The number of urea groups is 1. The first-order valence-corrected chi connectivity index (χ1v) is 12.5. The first-order valence-electron chi connectivity index (χ1n) is 11.1. The van der Waals surface area contributed by atoms with E-state index < -0.39 is 22.1 Å². The first kappa shape index (κ1) is 21.0. The molecule has 1 unspecified atom stereocenters. The summed E-state index contributed by atoms with van der Waals surface area (Å²) in [5.41, 5.74) is 3.62. The van der Waals surface area contributed by atoms with Crippen LogP contribution in [0.2, 0.25) is 0 Å². The summed E-state index contributed by atoms with van der Waals surface area (Å²) in [5, 5.41) is 2.83. The summed E-state index contributed by atoms with van der Waals surface area (Å²) in [6.45, 7) is 6.41. The lowest BCUT2D eigenvalue weighted by Gasteiger charge is -2.58. The summed E-state index contributed by atoms with van der Waals surface area (Å²) in [6, 6.07) is 15.0. The van der Waals surface area contributed by atoms with Crippen molar-refractivity contribution in [1.82, 2.24) is 9.62 Å². The zero-order chi connectivity index (χ0) is 22.7. The minimum absolute atomic E-state index is 0.109. The number of nitrogens with zero attached hydrogens (tertiary/aromatic N) is 1. The average molecular weight is 449 g/mol. The van der Waals surface area contributed by atoms with Crippen LogP contribution in [0.5, 0.6) is 0 Å². The molecule has 4 aliphatic rings. The number of benzene rings is 2. The van der Waals surface area contributed by atoms with E-state index >= 15 is 0 Å². The van der Waals surface area contributed by atoms with E-state index in [4.69, 9.17) is 0 Å². The zero-order valence-corrected chi connectivity index (χ0v) is 19.4. The largest absolute Gasteiger partial charge is 0.336 e. The van der Waals surface area contributed by atoms with E-state index in [0.717, 1.165) is 33.8 Å². The molecule has 166 valence electrons. The summed E-state index contributed by atoms with van der Waals surface area (Å²) < 4.78 is 28.4. The third-order valence-electron chi connectivity index (χ3n) is 7.53. The predicted molar refractivity (Wildman–Crippen MR) is 125 cm³/mol. The van der Waals surface area contributed by atoms with Crippen LogP contribution in [0.4, 0.5) is 4.79 Å². The van der Waals surface area contributed by atoms with Crippen molar-refractivity contribution in [2.75, 3.05) is 0 Å². The Hall–Kier alpha value is -2.86. The number of carbonyl (C=O) groups excluding carboxylic acids is 1. The van der Waals surface area contributed by atoms with Crippen molar-refractivity contribution in [3.8, 4) is 0 Å². The van der Waals surface area contributed by atoms with Gasteiger partial charge in [0, 0.05) is 5.70 Å². The molecule has 1 fully saturated rings. The van der Waals surface area contributed by atoms with Crippen LogP contribution in [0.1, 0.15) is 37.8 Å². The van der Waals surface area contributed by atoms with Gasteiger partial charge in [0.05, 0.1) is 10.9 Å². The van der Waals surface area contributed by atoms with Crippen molar-refractivity contribution in [3.05, 3.63) is 83.4 Å². The quantitative estimate of drug-likeness (QED) is 0.661. The Morgan fingerprint density at radius 1 is 1.03 bits per heavy atom. The van der Waals surface area contributed by atoms with Crippen LogP contribution in [0.25, 0.3) is 5.70 Å². The monoisotopic (exact) mass is 448 g/mol. The molecule has 1 heterocycles. The molecule has 6 heteroatoms. The fraction of sp³-hybridized carbons (Fsp3) is 0.346. The second-order valence-corrected chi connectivity index (χ2v) is 11.5. The minimum atomic E-state index is -4.04. The van der Waals surface area contributed by atoms with Crippen molar-refractivity contribution >= 4 is 21.8 Å². The van der Waals surface area contributed by atoms with E-state index in [0.29, 0.717) is 11.6 Å². The highest BCUT2D eigenvalue weighted by Crippen LogP contribution is 2.60. The molecule has 2 bridgehead atoms. The third kappa shape index (κ3) is 3.20. The fourth-order valence-corrected chi connectivity index (χ4v) is 6.85. The highest BCUT2D eigenvalue weighted by atomic mass is 32.2. The lowest BCUT2D eigenvalue weighted by atomic mass is 9.48. The molecule has 32 heavy (non-hydrogen) atoms. The van der Waals surface area contributed by atoms with Crippen LogP contribution in [0, 0.1) is 24.2 Å². The molecule has 3 aliphatic carbocycles. The Kier molecular flexibility index (Phi) is 4.82. The summed E-state index contributed by atoms with van der Waals surface area (Å²) >= 11 is 0. The Balaban J connectivity index is 1.64. The van der Waals surface area contributed by atoms with Gasteiger partial charge < -0.3 is 5.32 Å². The van der Waals surface area contributed by atoms with E-state index in [-0.39, 0.29) is 16.2 Å². The van der Waals surface area contributed by atoms with E-state index in [1.807, 2.05) is 43.3 Å². The number of amides is 2. The van der Waals surface area contributed by atoms with Crippen molar-refractivity contribution in [2.24, 2.45) is 17.3 Å². The second-order valence-electron chi connectivity index (χ2n) is 9.68. The van der Waals surface area contributed by atoms with Crippen LogP contribution >= 0.6 is 0 Å². The molecule has 1 N–H and O–H groups in total. The lowest BCUT2D eigenvalue weighted by molar-refractivity contribution is -0.0110. The number of hydrogen-bond donors (Lipinski definition) is 1. The topological polar surface area (TPSA) is 66.5 Å². The summed E-state index contributed by atoms with van der Waals surface area (Å²) in [7, 11) is -4.04. The van der Waals surface area contributed by atoms with Gasteiger partial charge in [0.2, 0.25) is 0 Å². The SMILES string of the molecule is Cc1ccc(S(=O)(=O)N2C(=O)NC(c3ccccc3)=CC2C2=CC[C@H]3C[C@@H]2C3(C)C)cc1. The van der Waals surface area contributed by atoms with Crippen molar-refractivity contribution < 1.29 is 13.2 Å². The van der Waals surface area contributed by atoms with Gasteiger partial charge in [-0.25, -0.2) is 17.5 Å². The maximum Gasteiger partial charge on any atom is 0.336 e. The van der Waals surface area contributed by atoms with E-state index in [1.54, 1.807) is 24.3 Å². The van der Waals surface area contributed by atoms with E-state index in [9.17, 15) is 13.2 Å².